The first-order valence-electron chi connectivity index (χ1n) is 12.7. The molecule has 1 unspecified atom stereocenters. The number of aryl methyl sites for hydroxylation is 1. The number of alkyl carbamates (subject to hydrolysis) is 1. The Hall–Kier alpha value is -3.49. The van der Waals surface area contributed by atoms with E-state index in [1.165, 1.54) is 39.8 Å². The number of hydrogen-bond donors (Lipinski definition) is 4. The van der Waals surface area contributed by atoms with Gasteiger partial charge in [0.15, 0.2) is 9.47 Å². The number of carbonyl (C=O) groups is 4. The van der Waals surface area contributed by atoms with E-state index >= 15 is 0 Å². The summed E-state index contributed by atoms with van der Waals surface area (Å²) in [7, 11) is 0. The molecule has 1 fully saturated rings. The van der Waals surface area contributed by atoms with E-state index < -0.39 is 40.9 Å². The number of amides is 3. The number of aromatic nitrogens is 4. The summed E-state index contributed by atoms with van der Waals surface area (Å²) in [5.74, 6) is -2.02. The average molecular weight is 672 g/mol. The molecule has 232 valence electrons. The molecule has 4 rings (SSSR count). The Bertz CT molecular complexity index is 1450. The quantitative estimate of drug-likeness (QED) is 0.0824. The molecular formula is C23H29N9O7S4. The predicted molar refractivity (Wildman–Crippen MR) is 161 cm³/mol. The number of anilines is 1. The van der Waals surface area contributed by atoms with Gasteiger partial charge in [-0.1, -0.05) is 28.3 Å². The van der Waals surface area contributed by atoms with E-state index in [1.807, 2.05) is 6.92 Å². The van der Waals surface area contributed by atoms with Gasteiger partial charge in [-0.05, 0) is 33.3 Å². The maximum Gasteiger partial charge on any atom is 0.407 e. The van der Waals surface area contributed by atoms with E-state index in [0.717, 1.165) is 16.5 Å². The molecule has 0 radical (unpaired) electrons. The molecule has 20 heteroatoms. The number of rotatable bonds is 12. The Labute approximate surface area is 262 Å². The summed E-state index contributed by atoms with van der Waals surface area (Å²) in [5, 5.41) is 27.2. The van der Waals surface area contributed by atoms with E-state index in [4.69, 9.17) is 15.3 Å². The minimum absolute atomic E-state index is 0.0327. The molecule has 2 aliphatic rings. The highest BCUT2D eigenvalue weighted by Crippen LogP contribution is 2.41. The molecule has 2 aliphatic heterocycles. The van der Waals surface area contributed by atoms with Crippen LogP contribution in [0.5, 0.6) is 0 Å². The molecule has 0 aliphatic carbocycles. The van der Waals surface area contributed by atoms with Crippen molar-refractivity contribution >= 4 is 81.1 Å². The number of ether oxygens (including phenoxy) is 1. The first kappa shape index (κ1) is 32.4. The van der Waals surface area contributed by atoms with Gasteiger partial charge in [0, 0.05) is 36.0 Å². The zero-order valence-corrected chi connectivity index (χ0v) is 26.7. The number of nitrogens with one attached hydrogen (secondary N) is 2. The highest BCUT2D eigenvalue weighted by molar-refractivity contribution is 8.01. The number of carboxylic acids is 1. The van der Waals surface area contributed by atoms with Crippen LogP contribution in [0.2, 0.25) is 0 Å². The summed E-state index contributed by atoms with van der Waals surface area (Å²) in [4.78, 5) is 60.7. The standard InChI is InChI=1S/C23H29N9O7S4/c1-10-28-29-22(42-10)41-9-11-8-40-18-13(17(34)32(18)14(11)19(35)36)26-16(33)12(15-27-20(24)43-31-15)30-38-7-5-6-25-21(37)39-23(2,3)4/h13,18H,5-9H2,1-4H3,(H,25,37)(H,26,33)(H,35,36)(H2,24,27,31)/t13?,18-/m1/s1. The Morgan fingerprint density at radius 2 is 2.05 bits per heavy atom. The van der Waals surface area contributed by atoms with Gasteiger partial charge in [-0.25, -0.2) is 9.59 Å². The maximum absolute atomic E-state index is 13.2. The summed E-state index contributed by atoms with van der Waals surface area (Å²) in [6.07, 6.45) is -0.223. The molecule has 3 amide bonds. The summed E-state index contributed by atoms with van der Waals surface area (Å²) in [6.45, 7) is 7.34. The number of thioether (sulfide) groups is 2. The second kappa shape index (κ2) is 13.9. The van der Waals surface area contributed by atoms with Gasteiger partial charge < -0.3 is 31.0 Å². The van der Waals surface area contributed by atoms with Crippen molar-refractivity contribution in [3.8, 4) is 0 Å². The third kappa shape index (κ3) is 8.33. The second-order valence-electron chi connectivity index (χ2n) is 10.0. The highest BCUT2D eigenvalue weighted by atomic mass is 32.2. The first-order valence-corrected chi connectivity index (χ1v) is 16.4. The third-order valence-corrected chi connectivity index (χ3v) is 9.46. The van der Waals surface area contributed by atoms with Gasteiger partial charge in [0.2, 0.25) is 11.5 Å². The largest absolute Gasteiger partial charge is 0.477 e. The molecular weight excluding hydrogens is 643 g/mol. The van der Waals surface area contributed by atoms with Crippen LogP contribution in [-0.2, 0) is 24.0 Å². The van der Waals surface area contributed by atoms with Crippen LogP contribution in [0.15, 0.2) is 20.8 Å². The summed E-state index contributed by atoms with van der Waals surface area (Å²) in [6, 6.07) is -1.01. The van der Waals surface area contributed by atoms with Crippen LogP contribution in [-0.4, -0.2) is 101 Å². The van der Waals surface area contributed by atoms with Gasteiger partial charge in [0.1, 0.15) is 34.3 Å². The molecule has 0 bridgehead atoms. The van der Waals surface area contributed by atoms with Crippen LogP contribution in [0.1, 0.15) is 38.0 Å². The molecule has 2 aromatic heterocycles. The fourth-order valence-electron chi connectivity index (χ4n) is 3.76. The van der Waals surface area contributed by atoms with E-state index in [9.17, 15) is 24.3 Å². The number of aliphatic carboxylic acids is 1. The minimum Gasteiger partial charge on any atom is -0.477 e. The normalized spacial score (nSPS) is 18.6. The molecule has 0 spiro atoms. The number of nitrogens with zero attached hydrogens (tertiary/aromatic N) is 6. The lowest BCUT2D eigenvalue weighted by Gasteiger charge is -2.49. The lowest BCUT2D eigenvalue weighted by atomic mass is 10.0. The third-order valence-electron chi connectivity index (χ3n) is 5.52. The lowest BCUT2D eigenvalue weighted by Crippen LogP contribution is -2.71. The number of carbonyl (C=O) groups excluding carboxylic acids is 3. The van der Waals surface area contributed by atoms with Gasteiger partial charge in [-0.15, -0.1) is 22.0 Å². The minimum atomic E-state index is -1.23. The molecule has 0 aromatic carbocycles. The molecule has 0 saturated carbocycles. The zero-order chi connectivity index (χ0) is 31.3. The van der Waals surface area contributed by atoms with Crippen molar-refractivity contribution in [1.29, 1.82) is 0 Å². The van der Waals surface area contributed by atoms with Crippen molar-refractivity contribution in [2.24, 2.45) is 5.16 Å². The van der Waals surface area contributed by atoms with Gasteiger partial charge in [0.05, 0.1) is 0 Å². The van der Waals surface area contributed by atoms with Crippen LogP contribution >= 0.6 is 46.4 Å². The maximum atomic E-state index is 13.2. The van der Waals surface area contributed by atoms with Crippen molar-refractivity contribution in [2.45, 2.75) is 55.5 Å². The van der Waals surface area contributed by atoms with Crippen LogP contribution in [0, 0.1) is 6.92 Å². The fraction of sp³-hybridized carbons (Fsp3) is 0.522. The molecule has 5 N–H and O–H groups in total. The summed E-state index contributed by atoms with van der Waals surface area (Å²) < 4.78 is 9.88. The number of hydrogen-bond acceptors (Lipinski definition) is 16. The fourth-order valence-corrected chi connectivity index (χ4v) is 7.49. The van der Waals surface area contributed by atoms with E-state index in [1.54, 1.807) is 20.8 Å². The van der Waals surface area contributed by atoms with Gasteiger partial charge in [0.25, 0.3) is 11.8 Å². The number of fused-ring (bicyclic) bond motifs is 1. The van der Waals surface area contributed by atoms with Crippen molar-refractivity contribution in [3.63, 3.8) is 0 Å². The number of β-lactam (4-membered cyclic amide) rings is 1. The van der Waals surface area contributed by atoms with Crippen molar-refractivity contribution in [3.05, 3.63) is 22.1 Å². The molecule has 4 heterocycles. The molecule has 2 atom stereocenters. The summed E-state index contributed by atoms with van der Waals surface area (Å²) in [5.41, 5.74) is 5.22. The zero-order valence-electron chi connectivity index (χ0n) is 23.5. The van der Waals surface area contributed by atoms with Crippen molar-refractivity contribution < 1.29 is 33.9 Å². The van der Waals surface area contributed by atoms with Crippen LogP contribution < -0.4 is 16.4 Å². The summed E-state index contributed by atoms with van der Waals surface area (Å²) >= 11 is 4.94. The Morgan fingerprint density at radius 3 is 2.67 bits per heavy atom. The van der Waals surface area contributed by atoms with Crippen molar-refractivity contribution in [2.75, 3.05) is 30.4 Å². The Balaban J connectivity index is 1.37. The Morgan fingerprint density at radius 1 is 1.28 bits per heavy atom. The van der Waals surface area contributed by atoms with E-state index in [2.05, 4.69) is 35.3 Å². The average Bonchev–Trinajstić information content (AvgIpc) is 3.55. The predicted octanol–water partition coefficient (Wildman–Crippen LogP) is 1.45. The Kier molecular flexibility index (Phi) is 10.5. The lowest BCUT2D eigenvalue weighted by molar-refractivity contribution is -0.150. The van der Waals surface area contributed by atoms with E-state index in [-0.39, 0.29) is 35.5 Å². The number of carboxylic acid groups (broad SMARTS) is 1. The molecule has 43 heavy (non-hydrogen) atoms. The molecule has 16 nitrogen and oxygen atoms in total. The van der Waals surface area contributed by atoms with Crippen LogP contribution in [0.4, 0.5) is 9.93 Å². The molecule has 1 saturated heterocycles. The number of nitrogens with two attached hydrogens (primary N) is 1. The van der Waals surface area contributed by atoms with E-state index in [0.29, 0.717) is 27.8 Å². The highest BCUT2D eigenvalue weighted by Gasteiger charge is 2.54. The van der Waals surface area contributed by atoms with Gasteiger partial charge >= 0.3 is 12.1 Å². The first-order chi connectivity index (χ1) is 20.3. The topological polar surface area (TPSA) is 224 Å². The van der Waals surface area contributed by atoms with Crippen LogP contribution in [0.3, 0.4) is 0 Å². The van der Waals surface area contributed by atoms with Crippen LogP contribution in [0.25, 0.3) is 0 Å². The SMILES string of the molecule is Cc1nnc(SCC2=C(C(=O)O)N3C(=O)C(NC(=O)C(=NOCCCNC(=O)OC(C)(C)C)c4nsc(N)n4)[C@H]3SC2)s1. The molecule has 2 aromatic rings. The second-order valence-corrected chi connectivity index (χ2v) is 14.3. The van der Waals surface area contributed by atoms with Gasteiger partial charge in [-0.3, -0.25) is 14.5 Å². The smallest absolute Gasteiger partial charge is 0.407 e. The number of nitrogen functional groups attached to an aromatic ring is 1. The van der Waals surface area contributed by atoms with Crippen molar-refractivity contribution in [1.82, 2.24) is 35.1 Å². The number of oxime groups is 1. The monoisotopic (exact) mass is 671 g/mol. The van der Waals surface area contributed by atoms with Gasteiger partial charge in [-0.2, -0.15) is 9.36 Å².